The molecule has 0 fully saturated rings. The van der Waals surface area contributed by atoms with Gasteiger partial charge in [-0.3, -0.25) is 0 Å². The number of sulfonamides is 1. The Bertz CT molecular complexity index is 761. The molecule has 114 valence electrons. The van der Waals surface area contributed by atoms with Crippen molar-refractivity contribution in [3.05, 3.63) is 39.6 Å². The first-order valence-electron chi connectivity index (χ1n) is 5.82. The second-order valence-electron chi connectivity index (χ2n) is 4.88. The van der Waals surface area contributed by atoms with Gasteiger partial charge in [-0.2, -0.15) is 4.72 Å². The van der Waals surface area contributed by atoms with Crippen molar-refractivity contribution in [2.45, 2.75) is 24.3 Å². The quantitative estimate of drug-likeness (QED) is 0.831. The largest absolute Gasteiger partial charge is 0.399 e. The molecule has 9 heteroatoms. The zero-order valence-corrected chi connectivity index (χ0v) is 13.6. The first-order valence-corrected chi connectivity index (χ1v) is 8.56. The fourth-order valence-electron chi connectivity index (χ4n) is 1.75. The Morgan fingerprint density at radius 3 is 2.67 bits per heavy atom. The van der Waals surface area contributed by atoms with E-state index in [4.69, 9.17) is 17.3 Å². The number of nitrogen functional groups attached to an aromatic ring is 1. The van der Waals surface area contributed by atoms with Crippen molar-refractivity contribution in [2.24, 2.45) is 0 Å². The first-order chi connectivity index (χ1) is 9.63. The van der Waals surface area contributed by atoms with Gasteiger partial charge in [0.15, 0.2) is 5.82 Å². The van der Waals surface area contributed by atoms with Crippen molar-refractivity contribution in [2.75, 3.05) is 5.73 Å². The van der Waals surface area contributed by atoms with Crippen LogP contribution in [0.2, 0.25) is 5.02 Å². The Hall–Kier alpha value is -1.22. The van der Waals surface area contributed by atoms with Crippen molar-refractivity contribution < 1.29 is 12.8 Å². The van der Waals surface area contributed by atoms with E-state index in [1.807, 2.05) is 0 Å². The van der Waals surface area contributed by atoms with Crippen LogP contribution in [-0.4, -0.2) is 13.4 Å². The van der Waals surface area contributed by atoms with Gasteiger partial charge in [0.05, 0.1) is 10.6 Å². The lowest BCUT2D eigenvalue weighted by Crippen LogP contribution is -2.41. The van der Waals surface area contributed by atoms with E-state index < -0.39 is 26.3 Å². The highest BCUT2D eigenvalue weighted by Crippen LogP contribution is 2.29. The maximum absolute atomic E-state index is 14.0. The lowest BCUT2D eigenvalue weighted by atomic mass is 10.1. The van der Waals surface area contributed by atoms with E-state index in [0.29, 0.717) is 5.01 Å². The highest BCUT2D eigenvalue weighted by Gasteiger charge is 2.32. The molecular formula is C12H13ClFN3O2S2. The number of nitrogens with one attached hydrogen (secondary N) is 1. The Balaban J connectivity index is 2.44. The summed E-state index contributed by atoms with van der Waals surface area (Å²) in [5, 5.41) is 1.94. The van der Waals surface area contributed by atoms with Gasteiger partial charge in [0, 0.05) is 17.3 Å². The van der Waals surface area contributed by atoms with Gasteiger partial charge in [-0.1, -0.05) is 11.6 Å². The number of rotatable bonds is 4. The number of hydrogen-bond donors (Lipinski definition) is 2. The van der Waals surface area contributed by atoms with Crippen LogP contribution in [0, 0.1) is 5.82 Å². The van der Waals surface area contributed by atoms with E-state index in [1.165, 1.54) is 11.3 Å². The minimum Gasteiger partial charge on any atom is -0.399 e. The van der Waals surface area contributed by atoms with Crippen LogP contribution >= 0.6 is 22.9 Å². The molecule has 3 N–H and O–H groups in total. The van der Waals surface area contributed by atoms with Crippen LogP contribution in [0.25, 0.3) is 0 Å². The highest BCUT2D eigenvalue weighted by molar-refractivity contribution is 7.89. The summed E-state index contributed by atoms with van der Waals surface area (Å²) in [4.78, 5) is 3.48. The van der Waals surface area contributed by atoms with Crippen LogP contribution in [0.5, 0.6) is 0 Å². The van der Waals surface area contributed by atoms with Gasteiger partial charge < -0.3 is 5.73 Å². The highest BCUT2D eigenvalue weighted by atomic mass is 35.5. The van der Waals surface area contributed by atoms with Crippen LogP contribution in [0.15, 0.2) is 28.6 Å². The molecule has 0 radical (unpaired) electrons. The van der Waals surface area contributed by atoms with Crippen molar-refractivity contribution in [3.63, 3.8) is 0 Å². The zero-order chi connectivity index (χ0) is 15.8. The molecule has 1 aromatic heterocycles. The SMILES string of the molecule is CC(C)(NS(=O)(=O)c1cc(N)cc(Cl)c1F)c1nccs1. The van der Waals surface area contributed by atoms with Crippen LogP contribution in [0.3, 0.4) is 0 Å². The van der Waals surface area contributed by atoms with E-state index in [2.05, 4.69) is 9.71 Å². The summed E-state index contributed by atoms with van der Waals surface area (Å²) in [5.74, 6) is -1.03. The predicted octanol–water partition coefficient (Wildman–Crippen LogP) is 2.73. The summed E-state index contributed by atoms with van der Waals surface area (Å²) < 4.78 is 41.1. The number of aromatic nitrogens is 1. The molecule has 2 rings (SSSR count). The number of nitrogens with zero attached hydrogens (tertiary/aromatic N) is 1. The molecule has 5 nitrogen and oxygen atoms in total. The van der Waals surface area contributed by atoms with Gasteiger partial charge in [0.1, 0.15) is 9.90 Å². The fraction of sp³-hybridized carbons (Fsp3) is 0.250. The summed E-state index contributed by atoms with van der Waals surface area (Å²) in [5.41, 5.74) is 4.60. The van der Waals surface area contributed by atoms with Gasteiger partial charge >= 0.3 is 0 Å². The summed E-state index contributed by atoms with van der Waals surface area (Å²) in [6.45, 7) is 3.27. The molecule has 0 aliphatic rings. The fourth-order valence-corrected chi connectivity index (χ4v) is 4.33. The molecule has 1 heterocycles. The molecule has 0 spiro atoms. The molecule has 0 aliphatic heterocycles. The molecule has 0 saturated heterocycles. The predicted molar refractivity (Wildman–Crippen MR) is 81.3 cm³/mol. The minimum absolute atomic E-state index is 0.0637. The smallest absolute Gasteiger partial charge is 0.244 e. The van der Waals surface area contributed by atoms with Gasteiger partial charge in [0.2, 0.25) is 10.0 Å². The second kappa shape index (κ2) is 5.53. The van der Waals surface area contributed by atoms with Gasteiger partial charge in [-0.15, -0.1) is 11.3 Å². The zero-order valence-electron chi connectivity index (χ0n) is 11.2. The lowest BCUT2D eigenvalue weighted by Gasteiger charge is -2.23. The van der Waals surface area contributed by atoms with E-state index in [-0.39, 0.29) is 10.7 Å². The Morgan fingerprint density at radius 1 is 1.43 bits per heavy atom. The van der Waals surface area contributed by atoms with Crippen molar-refractivity contribution >= 4 is 38.6 Å². The normalized spacial score (nSPS) is 12.6. The Kier molecular flexibility index (Phi) is 4.25. The van der Waals surface area contributed by atoms with E-state index >= 15 is 0 Å². The van der Waals surface area contributed by atoms with Crippen LogP contribution in [0.1, 0.15) is 18.9 Å². The van der Waals surface area contributed by atoms with Crippen molar-refractivity contribution in [1.82, 2.24) is 9.71 Å². The van der Waals surface area contributed by atoms with Crippen molar-refractivity contribution in [3.8, 4) is 0 Å². The molecule has 0 atom stereocenters. The lowest BCUT2D eigenvalue weighted by molar-refractivity contribution is 0.466. The molecule has 0 bridgehead atoms. The van der Waals surface area contributed by atoms with Crippen LogP contribution in [-0.2, 0) is 15.6 Å². The number of nitrogens with two attached hydrogens (primary N) is 1. The summed E-state index contributed by atoms with van der Waals surface area (Å²) in [7, 11) is -4.14. The standard InChI is InChI=1S/C12H13ClFN3O2S2/c1-12(2,11-16-3-4-20-11)17-21(18,19)9-6-7(15)5-8(13)10(9)14/h3-6,17H,15H2,1-2H3. The van der Waals surface area contributed by atoms with E-state index in [1.54, 1.807) is 25.4 Å². The molecule has 1 aromatic carbocycles. The van der Waals surface area contributed by atoms with Crippen molar-refractivity contribution in [1.29, 1.82) is 0 Å². The second-order valence-corrected chi connectivity index (χ2v) is 7.84. The molecule has 0 aliphatic carbocycles. The average molecular weight is 350 g/mol. The summed E-state index contributed by atoms with van der Waals surface area (Å²) >= 11 is 6.93. The summed E-state index contributed by atoms with van der Waals surface area (Å²) in [6, 6.07) is 2.18. The monoisotopic (exact) mass is 349 g/mol. The third kappa shape index (κ3) is 3.34. The van der Waals surface area contributed by atoms with Gasteiger partial charge in [0.25, 0.3) is 0 Å². The topological polar surface area (TPSA) is 85.1 Å². The van der Waals surface area contributed by atoms with Gasteiger partial charge in [-0.05, 0) is 26.0 Å². The number of halogens is 2. The number of thiazole rings is 1. The summed E-state index contributed by atoms with van der Waals surface area (Å²) in [6.07, 6.45) is 1.56. The van der Waals surface area contributed by atoms with Crippen LogP contribution < -0.4 is 10.5 Å². The molecule has 21 heavy (non-hydrogen) atoms. The third-order valence-electron chi connectivity index (χ3n) is 2.66. The molecule has 0 unspecified atom stereocenters. The molecule has 0 saturated carbocycles. The third-order valence-corrected chi connectivity index (χ3v) is 5.69. The van der Waals surface area contributed by atoms with Gasteiger partial charge in [-0.25, -0.2) is 17.8 Å². The number of benzene rings is 1. The Morgan fingerprint density at radius 2 is 2.10 bits per heavy atom. The maximum atomic E-state index is 14.0. The Labute approximate surface area is 131 Å². The van der Waals surface area contributed by atoms with E-state index in [9.17, 15) is 12.8 Å². The maximum Gasteiger partial charge on any atom is 0.244 e. The average Bonchev–Trinajstić information content (AvgIpc) is 2.86. The minimum atomic E-state index is -4.14. The van der Waals surface area contributed by atoms with E-state index in [0.717, 1.165) is 12.1 Å². The number of hydrogen-bond acceptors (Lipinski definition) is 5. The number of anilines is 1. The first kappa shape index (κ1) is 16.2. The molecular weight excluding hydrogens is 337 g/mol. The van der Waals surface area contributed by atoms with Crippen LogP contribution in [0.4, 0.5) is 10.1 Å². The molecule has 2 aromatic rings. The molecule has 0 amide bonds.